The van der Waals surface area contributed by atoms with Crippen molar-refractivity contribution >= 4 is 11.0 Å². The van der Waals surface area contributed by atoms with E-state index in [2.05, 4.69) is 68.0 Å². The van der Waals surface area contributed by atoms with Gasteiger partial charge in [0.2, 0.25) is 0 Å². The number of nitrogens with two attached hydrogens (primary N) is 1. The summed E-state index contributed by atoms with van der Waals surface area (Å²) < 4.78 is 0. The summed E-state index contributed by atoms with van der Waals surface area (Å²) in [6.45, 7) is 9.52. The summed E-state index contributed by atoms with van der Waals surface area (Å²) in [6, 6.07) is 12.4. The zero-order valence-electron chi connectivity index (χ0n) is 14.6. The van der Waals surface area contributed by atoms with Crippen molar-refractivity contribution in [2.24, 2.45) is 11.1 Å². The van der Waals surface area contributed by atoms with Crippen LogP contribution in [-0.2, 0) is 6.54 Å². The lowest BCUT2D eigenvalue weighted by atomic mass is 9.94. The van der Waals surface area contributed by atoms with E-state index in [4.69, 9.17) is 5.73 Å². The van der Waals surface area contributed by atoms with Gasteiger partial charge in [0.25, 0.3) is 0 Å². The Labute approximate surface area is 138 Å². The van der Waals surface area contributed by atoms with Crippen molar-refractivity contribution in [2.75, 3.05) is 0 Å². The average molecular weight is 309 g/mol. The van der Waals surface area contributed by atoms with Crippen LogP contribution < -0.4 is 5.73 Å². The number of aromatic nitrogens is 2. The molecule has 0 atom stereocenters. The highest BCUT2D eigenvalue weighted by molar-refractivity contribution is 5.92. The van der Waals surface area contributed by atoms with Crippen molar-refractivity contribution in [1.82, 2.24) is 9.97 Å². The summed E-state index contributed by atoms with van der Waals surface area (Å²) in [7, 11) is 0. The Morgan fingerprint density at radius 1 is 1.04 bits per heavy atom. The first-order valence-corrected chi connectivity index (χ1v) is 8.16. The Balaban J connectivity index is 0.000000277. The Morgan fingerprint density at radius 2 is 1.70 bits per heavy atom. The highest BCUT2D eigenvalue weighted by Gasteiger charge is 2.05. The third kappa shape index (κ3) is 4.67. The first kappa shape index (κ1) is 17.2. The molecule has 0 radical (unpaired) electrons. The molecule has 3 aromatic rings. The number of hydrogen-bond acceptors (Lipinski definition) is 2. The maximum Gasteiger partial charge on any atom is 0.137 e. The van der Waals surface area contributed by atoms with Crippen molar-refractivity contribution in [3.05, 3.63) is 54.4 Å². The molecule has 2 aromatic heterocycles. The summed E-state index contributed by atoms with van der Waals surface area (Å²) >= 11 is 0. The molecule has 1 aromatic carbocycles. The van der Waals surface area contributed by atoms with Gasteiger partial charge in [-0.2, -0.15) is 0 Å². The van der Waals surface area contributed by atoms with E-state index in [1.54, 1.807) is 0 Å². The lowest BCUT2D eigenvalue weighted by Gasteiger charge is -2.12. The fourth-order valence-electron chi connectivity index (χ4n) is 2.03. The Morgan fingerprint density at radius 3 is 2.26 bits per heavy atom. The van der Waals surface area contributed by atoms with Gasteiger partial charge in [0, 0.05) is 24.3 Å². The molecule has 0 amide bonds. The lowest BCUT2D eigenvalue weighted by Crippen LogP contribution is -2.00. The molecule has 0 unspecified atom stereocenters. The molecule has 3 N–H and O–H groups in total. The number of hydrogen-bond donors (Lipinski definition) is 2. The number of fused-ring (bicyclic) bond motifs is 1. The number of nitrogens with one attached hydrogen (secondary N) is 1. The van der Waals surface area contributed by atoms with E-state index < -0.39 is 0 Å². The summed E-state index contributed by atoms with van der Waals surface area (Å²) in [5.41, 5.74) is 10.6. The van der Waals surface area contributed by atoms with Gasteiger partial charge in [-0.25, -0.2) is 4.98 Å². The van der Waals surface area contributed by atoms with E-state index >= 15 is 0 Å². The zero-order valence-corrected chi connectivity index (χ0v) is 14.6. The fraction of sp³-hybridized carbons (Fsp3) is 0.350. The van der Waals surface area contributed by atoms with Crippen LogP contribution in [0.5, 0.6) is 0 Å². The summed E-state index contributed by atoms with van der Waals surface area (Å²) in [6.07, 6.45) is 5.01. The molecular formula is C20H27N3. The van der Waals surface area contributed by atoms with Crippen LogP contribution in [-0.4, -0.2) is 9.97 Å². The minimum Gasteiger partial charge on any atom is -0.346 e. The standard InChI is InChI=1S/C14H13N3.C6H14/c15-9-10-1-3-11(4-2-10)12-5-7-16-14-13(12)6-8-17-14;1-5-6(2,3)4/h1-8H,9,15H2,(H,16,17);5H2,1-4H3. The van der Waals surface area contributed by atoms with Gasteiger partial charge < -0.3 is 10.7 Å². The molecule has 2 heterocycles. The van der Waals surface area contributed by atoms with E-state index in [0.717, 1.165) is 16.6 Å². The van der Waals surface area contributed by atoms with E-state index in [-0.39, 0.29) is 0 Å². The van der Waals surface area contributed by atoms with Crippen molar-refractivity contribution in [3.63, 3.8) is 0 Å². The van der Waals surface area contributed by atoms with Crippen LogP contribution in [0, 0.1) is 5.41 Å². The van der Waals surface area contributed by atoms with E-state index in [9.17, 15) is 0 Å². The van der Waals surface area contributed by atoms with Crippen molar-refractivity contribution in [3.8, 4) is 11.1 Å². The molecule has 3 rings (SSSR count). The maximum atomic E-state index is 5.60. The van der Waals surface area contributed by atoms with Gasteiger partial charge in [0.1, 0.15) is 5.65 Å². The summed E-state index contributed by atoms with van der Waals surface area (Å²) in [5, 5.41) is 1.15. The molecule has 0 bridgehead atoms. The van der Waals surface area contributed by atoms with E-state index in [0.29, 0.717) is 12.0 Å². The third-order valence-corrected chi connectivity index (χ3v) is 4.02. The van der Waals surface area contributed by atoms with Gasteiger partial charge in [-0.1, -0.05) is 58.4 Å². The van der Waals surface area contributed by atoms with Crippen LogP contribution in [0.1, 0.15) is 39.7 Å². The van der Waals surface area contributed by atoms with Crippen LogP contribution in [0.3, 0.4) is 0 Å². The second kappa shape index (κ2) is 7.42. The van der Waals surface area contributed by atoms with Crippen molar-refractivity contribution in [2.45, 2.75) is 40.7 Å². The number of nitrogens with zero attached hydrogens (tertiary/aromatic N) is 1. The maximum absolute atomic E-state index is 5.60. The summed E-state index contributed by atoms with van der Waals surface area (Å²) in [5.74, 6) is 0. The number of benzene rings is 1. The van der Waals surface area contributed by atoms with Gasteiger partial charge in [-0.15, -0.1) is 0 Å². The normalized spacial score (nSPS) is 11.2. The predicted molar refractivity (Wildman–Crippen MR) is 99.2 cm³/mol. The molecule has 122 valence electrons. The smallest absolute Gasteiger partial charge is 0.137 e. The van der Waals surface area contributed by atoms with Gasteiger partial charge in [-0.05, 0) is 34.2 Å². The van der Waals surface area contributed by atoms with Crippen LogP contribution in [0.4, 0.5) is 0 Å². The zero-order chi connectivity index (χ0) is 16.9. The molecular weight excluding hydrogens is 282 g/mol. The second-order valence-electron chi connectivity index (χ2n) is 6.91. The first-order chi connectivity index (χ1) is 10.9. The van der Waals surface area contributed by atoms with Crippen molar-refractivity contribution in [1.29, 1.82) is 0 Å². The minimum atomic E-state index is 0.542. The number of H-pyrrole nitrogens is 1. The molecule has 0 spiro atoms. The van der Waals surface area contributed by atoms with Crippen LogP contribution in [0.25, 0.3) is 22.2 Å². The Hall–Kier alpha value is -2.13. The molecule has 0 saturated heterocycles. The first-order valence-electron chi connectivity index (χ1n) is 8.16. The van der Waals surface area contributed by atoms with Gasteiger partial charge in [0.05, 0.1) is 0 Å². The van der Waals surface area contributed by atoms with Gasteiger partial charge >= 0.3 is 0 Å². The molecule has 0 aliphatic carbocycles. The molecule has 0 fully saturated rings. The van der Waals surface area contributed by atoms with Crippen LogP contribution in [0.15, 0.2) is 48.8 Å². The van der Waals surface area contributed by atoms with Crippen molar-refractivity contribution < 1.29 is 0 Å². The SMILES string of the molecule is CCC(C)(C)C.NCc1ccc(-c2ccnc3[nH]ccc23)cc1. The quantitative estimate of drug-likeness (QED) is 0.689. The predicted octanol–water partition coefficient (Wildman–Crippen LogP) is 5.13. The highest BCUT2D eigenvalue weighted by atomic mass is 14.8. The van der Waals surface area contributed by atoms with E-state index in [1.165, 1.54) is 17.5 Å². The lowest BCUT2D eigenvalue weighted by molar-refractivity contribution is 0.398. The van der Waals surface area contributed by atoms with Crippen LogP contribution >= 0.6 is 0 Å². The topological polar surface area (TPSA) is 54.7 Å². The Kier molecular flexibility index (Phi) is 5.56. The van der Waals surface area contributed by atoms with Gasteiger partial charge in [-0.3, -0.25) is 0 Å². The molecule has 0 aliphatic rings. The molecule has 0 saturated carbocycles. The number of rotatable bonds is 2. The summed E-state index contributed by atoms with van der Waals surface area (Å²) in [4.78, 5) is 7.41. The van der Waals surface area contributed by atoms with E-state index in [1.807, 2.05) is 18.5 Å². The highest BCUT2D eigenvalue weighted by Crippen LogP contribution is 2.26. The Bertz CT molecular complexity index is 733. The molecule has 0 aliphatic heterocycles. The molecule has 3 heteroatoms. The minimum absolute atomic E-state index is 0.542. The monoisotopic (exact) mass is 309 g/mol. The van der Waals surface area contributed by atoms with Gasteiger partial charge in [0.15, 0.2) is 0 Å². The fourth-order valence-corrected chi connectivity index (χ4v) is 2.03. The molecule has 23 heavy (non-hydrogen) atoms. The molecule has 3 nitrogen and oxygen atoms in total. The second-order valence-corrected chi connectivity index (χ2v) is 6.91. The largest absolute Gasteiger partial charge is 0.346 e. The number of pyridine rings is 1. The number of aromatic amines is 1. The van der Waals surface area contributed by atoms with Crippen LogP contribution in [0.2, 0.25) is 0 Å². The average Bonchev–Trinajstić information content (AvgIpc) is 3.03. The third-order valence-electron chi connectivity index (χ3n) is 4.02.